The van der Waals surface area contributed by atoms with Gasteiger partial charge in [-0.05, 0) is 50.4 Å². The van der Waals surface area contributed by atoms with Crippen molar-refractivity contribution in [2.24, 2.45) is 17.8 Å². The average molecular weight is 321 g/mol. The number of hydrogen-bond donors (Lipinski definition) is 1. The summed E-state index contributed by atoms with van der Waals surface area (Å²) >= 11 is 0. The van der Waals surface area contributed by atoms with Crippen molar-refractivity contribution in [2.45, 2.75) is 58.4 Å². The van der Waals surface area contributed by atoms with E-state index in [1.807, 2.05) is 9.80 Å². The summed E-state index contributed by atoms with van der Waals surface area (Å²) in [6.07, 6.45) is 6.39. The molecule has 3 fully saturated rings. The third-order valence-corrected chi connectivity index (χ3v) is 5.95. The van der Waals surface area contributed by atoms with E-state index in [4.69, 9.17) is 0 Å². The molecule has 0 unspecified atom stereocenters. The highest BCUT2D eigenvalue weighted by atomic mass is 16.2. The molecule has 3 atom stereocenters. The maximum Gasteiger partial charge on any atom is 0.317 e. The second kappa shape index (κ2) is 7.10. The van der Waals surface area contributed by atoms with Crippen molar-refractivity contribution in [3.05, 3.63) is 0 Å². The Morgan fingerprint density at radius 1 is 0.870 bits per heavy atom. The molecule has 1 saturated heterocycles. The van der Waals surface area contributed by atoms with Crippen LogP contribution < -0.4 is 5.32 Å². The van der Waals surface area contributed by atoms with Gasteiger partial charge in [0.2, 0.25) is 5.91 Å². The lowest BCUT2D eigenvalue weighted by atomic mass is 9.79. The number of rotatable bonds is 2. The lowest BCUT2D eigenvalue weighted by molar-refractivity contribution is -0.132. The van der Waals surface area contributed by atoms with E-state index in [0.717, 1.165) is 51.1 Å². The first-order valence-corrected chi connectivity index (χ1v) is 9.39. The Hall–Kier alpha value is -1.26. The topological polar surface area (TPSA) is 52.7 Å². The number of carbonyl (C=O) groups is 2. The summed E-state index contributed by atoms with van der Waals surface area (Å²) in [6.45, 7) is 7.53. The smallest absolute Gasteiger partial charge is 0.317 e. The van der Waals surface area contributed by atoms with Crippen LogP contribution in [0.3, 0.4) is 0 Å². The van der Waals surface area contributed by atoms with Gasteiger partial charge >= 0.3 is 6.03 Å². The molecule has 130 valence electrons. The second-order valence-corrected chi connectivity index (χ2v) is 7.85. The molecular weight excluding hydrogens is 290 g/mol. The predicted molar refractivity (Wildman–Crippen MR) is 90.0 cm³/mol. The number of nitrogens with one attached hydrogen (secondary N) is 1. The van der Waals surface area contributed by atoms with Gasteiger partial charge in [0.1, 0.15) is 0 Å². The van der Waals surface area contributed by atoms with Gasteiger partial charge in [0.25, 0.3) is 0 Å². The largest absolute Gasteiger partial charge is 0.341 e. The van der Waals surface area contributed by atoms with Crippen LogP contribution in [0.1, 0.15) is 52.4 Å². The van der Waals surface area contributed by atoms with Gasteiger partial charge in [0.15, 0.2) is 0 Å². The maximum atomic E-state index is 12.5. The second-order valence-electron chi connectivity index (χ2n) is 7.85. The minimum atomic E-state index is 0.0671. The van der Waals surface area contributed by atoms with Crippen LogP contribution in [0.15, 0.2) is 0 Å². The summed E-state index contributed by atoms with van der Waals surface area (Å²) in [6, 6.07) is 0.388. The monoisotopic (exact) mass is 321 g/mol. The SMILES string of the molecule is C[C@@H]1CC[C@@H](NC(=O)N2CCCN(C(=O)C3CC3)CC2)C[C@@H]1C. The van der Waals surface area contributed by atoms with Crippen LogP contribution in [-0.2, 0) is 4.79 Å². The van der Waals surface area contributed by atoms with Gasteiger partial charge in [-0.15, -0.1) is 0 Å². The molecule has 0 aromatic carbocycles. The molecule has 3 rings (SSSR count). The molecule has 1 heterocycles. The molecule has 0 radical (unpaired) electrons. The molecule has 5 nitrogen and oxygen atoms in total. The highest BCUT2D eigenvalue weighted by molar-refractivity contribution is 5.81. The Bertz CT molecular complexity index is 450. The first kappa shape index (κ1) is 16.6. The molecule has 3 amide bonds. The zero-order chi connectivity index (χ0) is 16.4. The lowest BCUT2D eigenvalue weighted by Crippen LogP contribution is -2.48. The van der Waals surface area contributed by atoms with Gasteiger partial charge in [-0.25, -0.2) is 4.79 Å². The van der Waals surface area contributed by atoms with Gasteiger partial charge in [-0.2, -0.15) is 0 Å². The maximum absolute atomic E-state index is 12.5. The van der Waals surface area contributed by atoms with E-state index in [9.17, 15) is 9.59 Å². The van der Waals surface area contributed by atoms with Crippen LogP contribution in [-0.4, -0.2) is 54.0 Å². The normalized spacial score (nSPS) is 32.3. The van der Waals surface area contributed by atoms with E-state index in [2.05, 4.69) is 19.2 Å². The summed E-state index contributed by atoms with van der Waals surface area (Å²) in [5.41, 5.74) is 0. The Morgan fingerprint density at radius 2 is 1.57 bits per heavy atom. The molecular formula is C18H31N3O2. The van der Waals surface area contributed by atoms with Gasteiger partial charge in [-0.1, -0.05) is 13.8 Å². The van der Waals surface area contributed by atoms with E-state index in [0.29, 0.717) is 31.0 Å². The summed E-state index contributed by atoms with van der Waals surface area (Å²) in [4.78, 5) is 28.6. The first-order chi connectivity index (χ1) is 11.0. The number of urea groups is 1. The van der Waals surface area contributed by atoms with E-state index in [1.165, 1.54) is 6.42 Å². The molecule has 1 N–H and O–H groups in total. The zero-order valence-electron chi connectivity index (χ0n) is 14.6. The quantitative estimate of drug-likeness (QED) is 0.849. The summed E-state index contributed by atoms with van der Waals surface area (Å²) in [7, 11) is 0. The minimum Gasteiger partial charge on any atom is -0.341 e. The van der Waals surface area contributed by atoms with Crippen molar-refractivity contribution < 1.29 is 9.59 Å². The van der Waals surface area contributed by atoms with Crippen LogP contribution in [0.4, 0.5) is 4.79 Å². The Balaban J connectivity index is 1.47. The van der Waals surface area contributed by atoms with Crippen molar-refractivity contribution in [3.8, 4) is 0 Å². The van der Waals surface area contributed by atoms with Gasteiger partial charge < -0.3 is 15.1 Å². The van der Waals surface area contributed by atoms with E-state index >= 15 is 0 Å². The van der Waals surface area contributed by atoms with Crippen LogP contribution in [0.25, 0.3) is 0 Å². The van der Waals surface area contributed by atoms with Crippen molar-refractivity contribution in [1.29, 1.82) is 0 Å². The molecule has 23 heavy (non-hydrogen) atoms. The predicted octanol–water partition coefficient (Wildman–Crippen LogP) is 2.47. The summed E-state index contributed by atoms with van der Waals surface area (Å²) in [5, 5.41) is 3.23. The minimum absolute atomic E-state index is 0.0671. The van der Waals surface area contributed by atoms with Crippen LogP contribution in [0, 0.1) is 17.8 Å². The molecule has 0 aromatic heterocycles. The fourth-order valence-electron chi connectivity index (χ4n) is 3.87. The standard InChI is InChI=1S/C18H31N3O2/c1-13-4-7-16(12-14(13)2)19-18(23)21-9-3-8-20(10-11-21)17(22)15-5-6-15/h13-16H,3-12H2,1-2H3,(H,19,23)/t13-,14+,16-/m1/s1. The number of nitrogens with zero attached hydrogens (tertiary/aromatic N) is 2. The molecule has 2 aliphatic carbocycles. The molecule has 2 saturated carbocycles. The fraction of sp³-hybridized carbons (Fsp3) is 0.889. The molecule has 3 aliphatic rings. The van der Waals surface area contributed by atoms with Gasteiger partial charge in [0.05, 0.1) is 0 Å². The van der Waals surface area contributed by atoms with Crippen molar-refractivity contribution in [2.75, 3.05) is 26.2 Å². The van der Waals surface area contributed by atoms with Crippen LogP contribution >= 0.6 is 0 Å². The van der Waals surface area contributed by atoms with Crippen molar-refractivity contribution in [3.63, 3.8) is 0 Å². The van der Waals surface area contributed by atoms with Crippen LogP contribution in [0.5, 0.6) is 0 Å². The Labute approximate surface area is 139 Å². The highest BCUT2D eigenvalue weighted by Gasteiger charge is 2.34. The van der Waals surface area contributed by atoms with E-state index < -0.39 is 0 Å². The third kappa shape index (κ3) is 4.18. The molecule has 0 aromatic rings. The van der Waals surface area contributed by atoms with Crippen molar-refractivity contribution in [1.82, 2.24) is 15.1 Å². The molecule has 0 bridgehead atoms. The highest BCUT2D eigenvalue weighted by Crippen LogP contribution is 2.31. The van der Waals surface area contributed by atoms with Gasteiger partial charge in [0, 0.05) is 38.1 Å². The summed E-state index contributed by atoms with van der Waals surface area (Å²) < 4.78 is 0. The van der Waals surface area contributed by atoms with E-state index in [1.54, 1.807) is 0 Å². The lowest BCUT2D eigenvalue weighted by Gasteiger charge is -2.34. The van der Waals surface area contributed by atoms with Crippen LogP contribution in [0.2, 0.25) is 0 Å². The number of amides is 3. The Morgan fingerprint density at radius 3 is 2.26 bits per heavy atom. The fourth-order valence-corrected chi connectivity index (χ4v) is 3.87. The van der Waals surface area contributed by atoms with E-state index in [-0.39, 0.29) is 11.9 Å². The molecule has 5 heteroatoms. The first-order valence-electron chi connectivity index (χ1n) is 9.39. The zero-order valence-corrected chi connectivity index (χ0v) is 14.6. The molecule has 0 spiro atoms. The average Bonchev–Trinajstić information content (AvgIpc) is 3.36. The van der Waals surface area contributed by atoms with Gasteiger partial charge in [-0.3, -0.25) is 4.79 Å². The third-order valence-electron chi connectivity index (χ3n) is 5.95. The summed E-state index contributed by atoms with van der Waals surface area (Å²) in [5.74, 6) is 2.04. The Kier molecular flexibility index (Phi) is 5.12. The van der Waals surface area contributed by atoms with Crippen molar-refractivity contribution >= 4 is 11.9 Å². The molecule has 1 aliphatic heterocycles. The number of hydrogen-bond acceptors (Lipinski definition) is 2. The number of carbonyl (C=O) groups excluding carboxylic acids is 2.